The Hall–Kier alpha value is -2.49. The number of hydrogen-bond donors (Lipinski definition) is 4. The number of benzene rings is 2. The van der Waals surface area contributed by atoms with E-state index in [9.17, 15) is 9.90 Å². The van der Waals surface area contributed by atoms with Crippen LogP contribution in [0.1, 0.15) is 28.4 Å². The van der Waals surface area contributed by atoms with Gasteiger partial charge < -0.3 is 25.8 Å². The van der Waals surface area contributed by atoms with Crippen molar-refractivity contribution in [1.82, 2.24) is 16.0 Å². The molecule has 0 aromatic heterocycles. The molecule has 29 heavy (non-hydrogen) atoms. The number of rotatable bonds is 8. The normalized spacial score (nSPS) is 10.7. The molecule has 0 radical (unpaired) electrons. The van der Waals surface area contributed by atoms with E-state index in [1.807, 2.05) is 37.3 Å². The molecule has 0 spiro atoms. The Labute approximate surface area is 189 Å². The van der Waals surface area contributed by atoms with E-state index in [0.29, 0.717) is 35.9 Å². The third-order valence-corrected chi connectivity index (χ3v) is 4.18. The number of hydrogen-bond acceptors (Lipinski definition) is 4. The first kappa shape index (κ1) is 24.5. The lowest BCUT2D eigenvalue weighted by molar-refractivity contribution is 0.0963. The lowest BCUT2D eigenvalue weighted by Crippen LogP contribution is -2.38. The van der Waals surface area contributed by atoms with Crippen LogP contribution in [0, 0.1) is 0 Å². The van der Waals surface area contributed by atoms with Gasteiger partial charge in [-0.2, -0.15) is 0 Å². The summed E-state index contributed by atoms with van der Waals surface area (Å²) >= 11 is 0. The average molecular weight is 512 g/mol. The number of nitrogens with one attached hydrogen (secondary N) is 3. The van der Waals surface area contributed by atoms with Gasteiger partial charge >= 0.3 is 0 Å². The van der Waals surface area contributed by atoms with E-state index in [4.69, 9.17) is 4.74 Å². The van der Waals surface area contributed by atoms with E-state index in [1.165, 1.54) is 7.11 Å². The van der Waals surface area contributed by atoms with Gasteiger partial charge in [0.25, 0.3) is 5.91 Å². The maximum atomic E-state index is 11.7. The maximum Gasteiger partial charge on any atom is 0.251 e. The van der Waals surface area contributed by atoms with Gasteiger partial charge in [0.1, 0.15) is 0 Å². The second-order valence-electron chi connectivity index (χ2n) is 6.12. The number of carbonyl (C=O) groups excluding carboxylic acids is 1. The van der Waals surface area contributed by atoms with Crippen LogP contribution in [0.4, 0.5) is 0 Å². The number of nitrogens with zero attached hydrogens (tertiary/aromatic N) is 1. The number of amides is 1. The number of methoxy groups -OCH3 is 1. The van der Waals surface area contributed by atoms with E-state index in [2.05, 4.69) is 20.9 Å². The van der Waals surface area contributed by atoms with Gasteiger partial charge in [-0.05, 0) is 37.1 Å². The summed E-state index contributed by atoms with van der Waals surface area (Å²) in [6, 6.07) is 12.9. The SMILES string of the molecule is CCNC(=NCc1cccc(OC)c1O)NCCc1cccc(C(=O)NC)c1.I. The van der Waals surface area contributed by atoms with Crippen molar-refractivity contribution in [3.63, 3.8) is 0 Å². The summed E-state index contributed by atoms with van der Waals surface area (Å²) in [6.07, 6.45) is 0.750. The Balaban J connectivity index is 0.00000420. The highest BCUT2D eigenvalue weighted by Crippen LogP contribution is 2.29. The van der Waals surface area contributed by atoms with Crippen molar-refractivity contribution in [1.29, 1.82) is 0 Å². The van der Waals surface area contributed by atoms with Gasteiger partial charge in [-0.15, -0.1) is 24.0 Å². The zero-order valence-corrected chi connectivity index (χ0v) is 19.3. The van der Waals surface area contributed by atoms with E-state index >= 15 is 0 Å². The minimum atomic E-state index is -0.0946. The van der Waals surface area contributed by atoms with Crippen LogP contribution in [0.5, 0.6) is 11.5 Å². The van der Waals surface area contributed by atoms with Crippen molar-refractivity contribution >= 4 is 35.8 Å². The molecule has 0 saturated carbocycles. The molecule has 0 aliphatic heterocycles. The predicted molar refractivity (Wildman–Crippen MR) is 126 cm³/mol. The second-order valence-corrected chi connectivity index (χ2v) is 6.12. The molecule has 2 aromatic rings. The summed E-state index contributed by atoms with van der Waals surface area (Å²) in [5, 5.41) is 19.3. The number of guanidine groups is 1. The molecule has 0 aliphatic rings. The smallest absolute Gasteiger partial charge is 0.251 e. The van der Waals surface area contributed by atoms with Gasteiger partial charge in [-0.3, -0.25) is 4.79 Å². The number of para-hydroxylation sites is 1. The van der Waals surface area contributed by atoms with Crippen LogP contribution in [-0.4, -0.2) is 44.2 Å². The standard InChI is InChI=1S/C21H28N4O3.HI/c1-4-23-21(25-14-17-9-6-10-18(28-3)19(17)26)24-12-11-15-7-5-8-16(13-15)20(27)22-2;/h5-10,13,26H,4,11-12,14H2,1-3H3,(H,22,27)(H2,23,24,25);1H. The molecular formula is C21H29IN4O3. The fourth-order valence-electron chi connectivity index (χ4n) is 2.70. The summed E-state index contributed by atoms with van der Waals surface area (Å²) in [6.45, 7) is 3.70. The minimum Gasteiger partial charge on any atom is -0.504 e. The van der Waals surface area contributed by atoms with Crippen LogP contribution in [-0.2, 0) is 13.0 Å². The first-order valence-electron chi connectivity index (χ1n) is 9.27. The third-order valence-electron chi connectivity index (χ3n) is 4.18. The monoisotopic (exact) mass is 512 g/mol. The summed E-state index contributed by atoms with van der Waals surface area (Å²) in [7, 11) is 3.14. The molecule has 8 heteroatoms. The van der Waals surface area contributed by atoms with E-state index in [1.54, 1.807) is 19.2 Å². The molecular weight excluding hydrogens is 483 g/mol. The highest BCUT2D eigenvalue weighted by atomic mass is 127. The largest absolute Gasteiger partial charge is 0.504 e. The number of phenols is 1. The highest BCUT2D eigenvalue weighted by Gasteiger charge is 2.07. The molecule has 0 atom stereocenters. The topological polar surface area (TPSA) is 95.0 Å². The van der Waals surface area contributed by atoms with Gasteiger partial charge in [0.15, 0.2) is 17.5 Å². The van der Waals surface area contributed by atoms with Gasteiger partial charge in [0, 0.05) is 31.3 Å². The Morgan fingerprint density at radius 3 is 2.62 bits per heavy atom. The Kier molecular flexibility index (Phi) is 10.9. The Morgan fingerprint density at radius 2 is 1.93 bits per heavy atom. The number of aromatic hydroxyl groups is 1. The van der Waals surface area contributed by atoms with Gasteiger partial charge in [-0.1, -0.05) is 24.3 Å². The first-order chi connectivity index (χ1) is 13.6. The molecule has 2 aromatic carbocycles. The molecule has 0 unspecified atom stereocenters. The number of halogens is 1. The van der Waals surface area contributed by atoms with E-state index < -0.39 is 0 Å². The van der Waals surface area contributed by atoms with Crippen LogP contribution < -0.4 is 20.7 Å². The first-order valence-corrected chi connectivity index (χ1v) is 9.27. The number of aliphatic imine (C=N–C) groups is 1. The van der Waals surface area contributed by atoms with Gasteiger partial charge in [-0.25, -0.2) is 4.99 Å². The maximum absolute atomic E-state index is 11.7. The van der Waals surface area contributed by atoms with Crippen LogP contribution in [0.15, 0.2) is 47.5 Å². The molecule has 2 rings (SSSR count). The molecule has 0 fully saturated rings. The molecule has 158 valence electrons. The zero-order valence-electron chi connectivity index (χ0n) is 17.0. The van der Waals surface area contributed by atoms with Crippen LogP contribution >= 0.6 is 24.0 Å². The minimum absolute atomic E-state index is 0. The van der Waals surface area contributed by atoms with Crippen molar-refractivity contribution in [2.24, 2.45) is 4.99 Å². The van der Waals surface area contributed by atoms with Crippen molar-refractivity contribution in [2.45, 2.75) is 19.9 Å². The predicted octanol–water partition coefficient (Wildman–Crippen LogP) is 2.68. The van der Waals surface area contributed by atoms with Crippen molar-refractivity contribution in [2.75, 3.05) is 27.2 Å². The van der Waals surface area contributed by atoms with Crippen LogP contribution in [0.3, 0.4) is 0 Å². The van der Waals surface area contributed by atoms with Crippen molar-refractivity contribution in [3.05, 3.63) is 59.2 Å². The fourth-order valence-corrected chi connectivity index (χ4v) is 2.70. The molecule has 0 aliphatic carbocycles. The zero-order chi connectivity index (χ0) is 20.4. The summed E-state index contributed by atoms with van der Waals surface area (Å²) in [4.78, 5) is 16.3. The Morgan fingerprint density at radius 1 is 1.17 bits per heavy atom. The number of carbonyl (C=O) groups is 1. The molecule has 0 heterocycles. The number of ether oxygens (including phenoxy) is 1. The molecule has 0 saturated heterocycles. The summed E-state index contributed by atoms with van der Waals surface area (Å²) in [5.74, 6) is 1.10. The van der Waals surface area contributed by atoms with Crippen LogP contribution in [0.2, 0.25) is 0 Å². The Bertz CT molecular complexity index is 827. The molecule has 4 N–H and O–H groups in total. The second kappa shape index (κ2) is 12.9. The summed E-state index contributed by atoms with van der Waals surface area (Å²) < 4.78 is 5.13. The lowest BCUT2D eigenvalue weighted by Gasteiger charge is -2.12. The van der Waals surface area contributed by atoms with Crippen LogP contribution in [0.25, 0.3) is 0 Å². The molecule has 7 nitrogen and oxygen atoms in total. The molecule has 0 bridgehead atoms. The fraction of sp³-hybridized carbons (Fsp3) is 0.333. The highest BCUT2D eigenvalue weighted by molar-refractivity contribution is 14.0. The van der Waals surface area contributed by atoms with E-state index in [-0.39, 0.29) is 35.6 Å². The quantitative estimate of drug-likeness (QED) is 0.248. The van der Waals surface area contributed by atoms with Gasteiger partial charge in [0.05, 0.1) is 13.7 Å². The van der Waals surface area contributed by atoms with Crippen molar-refractivity contribution in [3.8, 4) is 11.5 Å². The summed E-state index contributed by atoms with van der Waals surface area (Å²) in [5.41, 5.74) is 2.40. The lowest BCUT2D eigenvalue weighted by atomic mass is 10.1. The van der Waals surface area contributed by atoms with Crippen molar-refractivity contribution < 1.29 is 14.6 Å². The average Bonchev–Trinajstić information content (AvgIpc) is 2.72. The third kappa shape index (κ3) is 7.45. The van der Waals surface area contributed by atoms with E-state index in [0.717, 1.165) is 18.5 Å². The number of phenolic OH excluding ortho intramolecular Hbond substituents is 1. The van der Waals surface area contributed by atoms with Gasteiger partial charge in [0.2, 0.25) is 0 Å². The molecule has 1 amide bonds.